The van der Waals surface area contributed by atoms with Gasteiger partial charge in [0.15, 0.2) is 0 Å². The Bertz CT molecular complexity index is 947. The number of rotatable bonds is 6. The number of nitrogens with zero attached hydrogens (tertiary/aromatic N) is 2. The minimum absolute atomic E-state index is 0.445. The molecule has 1 atom stereocenters. The van der Waals surface area contributed by atoms with Crippen molar-refractivity contribution < 1.29 is 5.11 Å². The summed E-state index contributed by atoms with van der Waals surface area (Å²) >= 11 is 7.26. The van der Waals surface area contributed by atoms with Gasteiger partial charge in [-0.2, -0.15) is 0 Å². The lowest BCUT2D eigenvalue weighted by Crippen LogP contribution is -2.31. The van der Waals surface area contributed by atoms with Crippen LogP contribution in [0.15, 0.2) is 57.6 Å². The second-order valence-electron chi connectivity index (χ2n) is 7.67. The molecule has 148 valence electrons. The molecule has 4 rings (SSSR count). The molecule has 1 fully saturated rings. The molecule has 0 aliphatic carbocycles. The van der Waals surface area contributed by atoms with Crippen LogP contribution in [0.4, 0.5) is 0 Å². The molecule has 3 nitrogen and oxygen atoms in total. The summed E-state index contributed by atoms with van der Waals surface area (Å²) in [5.41, 5.74) is 3.42. The van der Waals surface area contributed by atoms with Crippen molar-refractivity contribution in [3.8, 4) is 0 Å². The van der Waals surface area contributed by atoms with Crippen LogP contribution >= 0.6 is 31.9 Å². The Morgan fingerprint density at radius 3 is 2.57 bits per heavy atom. The fourth-order valence-electron chi connectivity index (χ4n) is 4.15. The number of piperidine rings is 1. The molecule has 1 aromatic heterocycles. The predicted molar refractivity (Wildman–Crippen MR) is 123 cm³/mol. The van der Waals surface area contributed by atoms with Gasteiger partial charge in [-0.1, -0.05) is 56.5 Å². The predicted octanol–water partition coefficient (Wildman–Crippen LogP) is 6.12. The SMILES string of the molecule is OC(CCN1CCCCC1)c1cn(Cc2ccccc2Br)c2ccc(Br)cc12. The minimum atomic E-state index is -0.445. The summed E-state index contributed by atoms with van der Waals surface area (Å²) < 4.78 is 4.41. The number of likely N-dealkylation sites (tertiary alicyclic amines) is 1. The van der Waals surface area contributed by atoms with Crippen molar-refractivity contribution in [3.63, 3.8) is 0 Å². The summed E-state index contributed by atoms with van der Waals surface area (Å²) in [6.07, 6.45) is 6.38. The lowest BCUT2D eigenvalue weighted by Gasteiger charge is -2.27. The van der Waals surface area contributed by atoms with Crippen LogP contribution in [0.5, 0.6) is 0 Å². The third-order valence-electron chi connectivity index (χ3n) is 5.70. The summed E-state index contributed by atoms with van der Waals surface area (Å²) in [7, 11) is 0. The van der Waals surface area contributed by atoms with Crippen molar-refractivity contribution in [2.45, 2.75) is 38.3 Å². The number of benzene rings is 2. The maximum Gasteiger partial charge on any atom is 0.0823 e. The van der Waals surface area contributed by atoms with E-state index in [1.54, 1.807) is 0 Å². The van der Waals surface area contributed by atoms with Crippen LogP contribution in [0.25, 0.3) is 10.9 Å². The number of aliphatic hydroxyl groups is 1. The van der Waals surface area contributed by atoms with Crippen molar-refractivity contribution in [1.82, 2.24) is 9.47 Å². The number of aromatic nitrogens is 1. The molecule has 1 saturated heterocycles. The highest BCUT2D eigenvalue weighted by molar-refractivity contribution is 9.10. The highest BCUT2D eigenvalue weighted by Gasteiger charge is 2.18. The van der Waals surface area contributed by atoms with Crippen molar-refractivity contribution in [3.05, 3.63) is 68.7 Å². The maximum absolute atomic E-state index is 11.0. The molecule has 1 unspecified atom stereocenters. The Balaban J connectivity index is 1.60. The Labute approximate surface area is 183 Å². The molecule has 1 aliphatic heterocycles. The number of aliphatic hydroxyl groups excluding tert-OH is 1. The second-order valence-corrected chi connectivity index (χ2v) is 9.44. The average Bonchev–Trinajstić information content (AvgIpc) is 3.06. The molecule has 0 radical (unpaired) electrons. The van der Waals surface area contributed by atoms with Gasteiger partial charge in [-0.25, -0.2) is 0 Å². The molecule has 1 N–H and O–H groups in total. The third-order valence-corrected chi connectivity index (χ3v) is 6.97. The van der Waals surface area contributed by atoms with E-state index < -0.39 is 6.10 Å². The van der Waals surface area contributed by atoms with Gasteiger partial charge in [-0.05, 0) is 62.2 Å². The highest BCUT2D eigenvalue weighted by atomic mass is 79.9. The highest BCUT2D eigenvalue weighted by Crippen LogP contribution is 2.32. The van der Waals surface area contributed by atoms with Gasteiger partial charge in [0, 0.05) is 44.7 Å². The van der Waals surface area contributed by atoms with Gasteiger partial charge < -0.3 is 14.6 Å². The Morgan fingerprint density at radius 1 is 1.00 bits per heavy atom. The first-order valence-electron chi connectivity index (χ1n) is 10.0. The zero-order valence-electron chi connectivity index (χ0n) is 16.0. The molecule has 0 saturated carbocycles. The van der Waals surface area contributed by atoms with E-state index in [9.17, 15) is 5.11 Å². The van der Waals surface area contributed by atoms with Crippen LogP contribution in [0.3, 0.4) is 0 Å². The maximum atomic E-state index is 11.0. The van der Waals surface area contributed by atoms with E-state index in [-0.39, 0.29) is 0 Å². The van der Waals surface area contributed by atoms with Gasteiger partial charge in [0.25, 0.3) is 0 Å². The Morgan fingerprint density at radius 2 is 1.79 bits per heavy atom. The van der Waals surface area contributed by atoms with Crippen LogP contribution in [0.2, 0.25) is 0 Å². The summed E-state index contributed by atoms with van der Waals surface area (Å²) in [6, 6.07) is 14.7. The molecular formula is C23H26Br2N2O. The van der Waals surface area contributed by atoms with Crippen LogP contribution < -0.4 is 0 Å². The molecule has 0 amide bonds. The molecule has 5 heteroatoms. The van der Waals surface area contributed by atoms with Crippen LogP contribution in [-0.4, -0.2) is 34.2 Å². The smallest absolute Gasteiger partial charge is 0.0823 e. The van der Waals surface area contributed by atoms with E-state index in [0.717, 1.165) is 44.9 Å². The second kappa shape index (κ2) is 9.12. The van der Waals surface area contributed by atoms with Gasteiger partial charge in [0.1, 0.15) is 0 Å². The lowest BCUT2D eigenvalue weighted by atomic mass is 10.0. The standard InChI is InChI=1S/C23H26Br2N2O/c24-18-8-9-22-19(14-18)20(23(28)10-13-26-11-4-1-5-12-26)16-27(22)15-17-6-2-3-7-21(17)25/h2-3,6-9,14,16,23,28H,1,4-5,10-13,15H2. The van der Waals surface area contributed by atoms with Crippen molar-refractivity contribution in [2.24, 2.45) is 0 Å². The van der Waals surface area contributed by atoms with E-state index in [4.69, 9.17) is 0 Å². The van der Waals surface area contributed by atoms with Gasteiger partial charge in [-0.3, -0.25) is 0 Å². The zero-order valence-corrected chi connectivity index (χ0v) is 19.1. The fraction of sp³-hybridized carbons (Fsp3) is 0.391. The minimum Gasteiger partial charge on any atom is -0.388 e. The third kappa shape index (κ3) is 4.54. The van der Waals surface area contributed by atoms with Gasteiger partial charge >= 0.3 is 0 Å². The summed E-state index contributed by atoms with van der Waals surface area (Å²) in [6.45, 7) is 4.08. The largest absolute Gasteiger partial charge is 0.388 e. The molecule has 3 aromatic rings. The number of fused-ring (bicyclic) bond motifs is 1. The molecule has 0 bridgehead atoms. The van der Waals surface area contributed by atoms with Crippen molar-refractivity contribution >= 4 is 42.8 Å². The summed E-state index contributed by atoms with van der Waals surface area (Å²) in [5, 5.41) is 12.1. The normalized spacial score (nSPS) is 16.5. The summed E-state index contributed by atoms with van der Waals surface area (Å²) in [4.78, 5) is 2.49. The molecule has 2 heterocycles. The Hall–Kier alpha value is -1.14. The van der Waals surface area contributed by atoms with E-state index in [1.165, 1.54) is 37.9 Å². The summed E-state index contributed by atoms with van der Waals surface area (Å²) in [5.74, 6) is 0. The van der Waals surface area contributed by atoms with Crippen molar-refractivity contribution in [1.29, 1.82) is 0 Å². The monoisotopic (exact) mass is 504 g/mol. The van der Waals surface area contributed by atoms with Crippen LogP contribution in [0, 0.1) is 0 Å². The Kier molecular flexibility index (Phi) is 6.56. The van der Waals surface area contributed by atoms with Crippen LogP contribution in [0.1, 0.15) is 42.9 Å². The molecular weight excluding hydrogens is 480 g/mol. The van der Waals surface area contributed by atoms with Crippen LogP contribution in [-0.2, 0) is 6.54 Å². The first-order valence-corrected chi connectivity index (χ1v) is 11.6. The number of halogens is 2. The van der Waals surface area contributed by atoms with Gasteiger partial charge in [0.2, 0.25) is 0 Å². The zero-order chi connectivity index (χ0) is 19.5. The topological polar surface area (TPSA) is 28.4 Å². The van der Waals surface area contributed by atoms with E-state index >= 15 is 0 Å². The number of hydrogen-bond acceptors (Lipinski definition) is 2. The average molecular weight is 506 g/mol. The molecule has 2 aromatic carbocycles. The quantitative estimate of drug-likeness (QED) is 0.436. The van der Waals surface area contributed by atoms with E-state index in [2.05, 4.69) is 83.9 Å². The first kappa shape index (κ1) is 20.1. The van der Waals surface area contributed by atoms with E-state index in [0.29, 0.717) is 0 Å². The van der Waals surface area contributed by atoms with E-state index in [1.807, 2.05) is 6.07 Å². The molecule has 1 aliphatic rings. The fourth-order valence-corrected chi connectivity index (χ4v) is 4.92. The van der Waals surface area contributed by atoms with Gasteiger partial charge in [-0.15, -0.1) is 0 Å². The van der Waals surface area contributed by atoms with Crippen molar-refractivity contribution in [2.75, 3.05) is 19.6 Å². The molecule has 28 heavy (non-hydrogen) atoms. The number of hydrogen-bond donors (Lipinski definition) is 1. The first-order chi connectivity index (χ1) is 13.6. The molecule has 0 spiro atoms. The van der Waals surface area contributed by atoms with Gasteiger partial charge in [0.05, 0.1) is 6.10 Å². The lowest BCUT2D eigenvalue weighted by molar-refractivity contribution is 0.135.